The second-order valence-electron chi connectivity index (χ2n) is 4.47. The molecule has 0 saturated carbocycles. The van der Waals surface area contributed by atoms with Crippen molar-refractivity contribution in [1.29, 1.82) is 0 Å². The molecule has 0 fully saturated rings. The summed E-state index contributed by atoms with van der Waals surface area (Å²) in [6, 6.07) is 4.68. The van der Waals surface area contributed by atoms with E-state index < -0.39 is 24.0 Å². The van der Waals surface area contributed by atoms with Gasteiger partial charge in [0.15, 0.2) is 0 Å². The Bertz CT molecular complexity index is 491. The first-order valence-electron chi connectivity index (χ1n) is 5.87. The number of carbonyl (C=O) groups is 2. The zero-order valence-electron chi connectivity index (χ0n) is 11.0. The van der Waals surface area contributed by atoms with Crippen molar-refractivity contribution < 1.29 is 14.7 Å². The van der Waals surface area contributed by atoms with Crippen molar-refractivity contribution in [3.8, 4) is 0 Å². The van der Waals surface area contributed by atoms with Gasteiger partial charge in [0, 0.05) is 16.2 Å². The summed E-state index contributed by atoms with van der Waals surface area (Å²) < 4.78 is 0.861. The van der Waals surface area contributed by atoms with Gasteiger partial charge in [-0.3, -0.25) is 4.79 Å². The monoisotopic (exact) mass is 328 g/mol. The summed E-state index contributed by atoms with van der Waals surface area (Å²) in [6.07, 6.45) is 0. The van der Waals surface area contributed by atoms with Crippen molar-refractivity contribution in [2.75, 3.05) is 5.32 Å². The van der Waals surface area contributed by atoms with E-state index in [0.717, 1.165) is 10.0 Å². The van der Waals surface area contributed by atoms with Crippen molar-refractivity contribution in [3.63, 3.8) is 0 Å². The first kappa shape index (κ1) is 15.5. The van der Waals surface area contributed by atoms with Crippen LogP contribution in [0.5, 0.6) is 0 Å². The first-order chi connectivity index (χ1) is 8.81. The van der Waals surface area contributed by atoms with Gasteiger partial charge in [-0.2, -0.15) is 0 Å². The van der Waals surface area contributed by atoms with E-state index >= 15 is 0 Å². The second-order valence-corrected chi connectivity index (χ2v) is 5.39. The lowest BCUT2D eigenvalue weighted by Crippen LogP contribution is -2.42. The highest BCUT2D eigenvalue weighted by molar-refractivity contribution is 9.10. The summed E-state index contributed by atoms with van der Waals surface area (Å²) in [5.74, 6) is -1.58. The largest absolute Gasteiger partial charge is 0.481 e. The third kappa shape index (κ3) is 4.55. The van der Waals surface area contributed by atoms with Gasteiger partial charge in [0.2, 0.25) is 0 Å². The highest BCUT2D eigenvalue weighted by atomic mass is 79.9. The van der Waals surface area contributed by atoms with Gasteiger partial charge >= 0.3 is 12.0 Å². The second kappa shape index (κ2) is 6.56. The zero-order valence-corrected chi connectivity index (χ0v) is 12.6. The number of aryl methyl sites for hydroxylation is 1. The Hall–Kier alpha value is -1.56. The van der Waals surface area contributed by atoms with Gasteiger partial charge in [-0.15, -0.1) is 0 Å². The van der Waals surface area contributed by atoms with Crippen molar-refractivity contribution in [2.24, 2.45) is 5.92 Å². The Kier molecular flexibility index (Phi) is 5.35. The smallest absolute Gasteiger partial charge is 0.319 e. The van der Waals surface area contributed by atoms with Gasteiger partial charge in [0.1, 0.15) is 0 Å². The lowest BCUT2D eigenvalue weighted by atomic mass is 10.0. The number of carboxylic acids is 1. The van der Waals surface area contributed by atoms with Crippen molar-refractivity contribution >= 4 is 33.6 Å². The number of anilines is 1. The van der Waals surface area contributed by atoms with Gasteiger partial charge in [-0.05, 0) is 38.5 Å². The molecule has 0 aliphatic carbocycles. The Morgan fingerprint density at radius 3 is 2.53 bits per heavy atom. The molecule has 6 heteroatoms. The number of rotatable bonds is 4. The van der Waals surface area contributed by atoms with E-state index in [4.69, 9.17) is 5.11 Å². The molecular formula is C13H17BrN2O3. The molecule has 0 heterocycles. The molecule has 0 spiro atoms. The van der Waals surface area contributed by atoms with Crippen LogP contribution in [-0.4, -0.2) is 23.1 Å². The number of carboxylic acid groups (broad SMARTS) is 1. The molecule has 0 bridgehead atoms. The summed E-state index contributed by atoms with van der Waals surface area (Å²) in [5, 5.41) is 14.2. The molecule has 1 rings (SSSR count). The highest BCUT2D eigenvalue weighted by Gasteiger charge is 2.21. The number of aliphatic carboxylic acids is 1. The summed E-state index contributed by atoms with van der Waals surface area (Å²) in [6.45, 7) is 5.09. The molecule has 5 nitrogen and oxygen atoms in total. The number of amides is 2. The van der Waals surface area contributed by atoms with Crippen LogP contribution < -0.4 is 10.6 Å². The molecule has 2 amide bonds. The van der Waals surface area contributed by atoms with Gasteiger partial charge in [0.25, 0.3) is 0 Å². The van der Waals surface area contributed by atoms with Crippen LogP contribution in [0.4, 0.5) is 10.5 Å². The van der Waals surface area contributed by atoms with E-state index in [1.165, 1.54) is 0 Å². The Balaban J connectivity index is 2.65. The normalized spacial score (nSPS) is 13.5. The van der Waals surface area contributed by atoms with Crippen LogP contribution in [0.25, 0.3) is 0 Å². The van der Waals surface area contributed by atoms with Gasteiger partial charge in [-0.1, -0.05) is 22.0 Å². The fourth-order valence-electron chi connectivity index (χ4n) is 1.43. The Morgan fingerprint density at radius 1 is 1.32 bits per heavy atom. The molecular weight excluding hydrogens is 312 g/mol. The summed E-state index contributed by atoms with van der Waals surface area (Å²) in [5.41, 5.74) is 1.61. The zero-order chi connectivity index (χ0) is 14.6. The lowest BCUT2D eigenvalue weighted by molar-refractivity contribution is -0.141. The molecule has 19 heavy (non-hydrogen) atoms. The number of hydrogen-bond acceptors (Lipinski definition) is 2. The van der Waals surface area contributed by atoms with E-state index in [9.17, 15) is 9.59 Å². The van der Waals surface area contributed by atoms with Gasteiger partial charge in [0.05, 0.1) is 5.92 Å². The van der Waals surface area contributed by atoms with Crippen molar-refractivity contribution in [2.45, 2.75) is 26.8 Å². The number of urea groups is 1. The maximum absolute atomic E-state index is 11.8. The molecule has 3 N–H and O–H groups in total. The summed E-state index contributed by atoms with van der Waals surface area (Å²) in [4.78, 5) is 22.6. The Morgan fingerprint density at radius 2 is 1.95 bits per heavy atom. The van der Waals surface area contributed by atoms with E-state index in [0.29, 0.717) is 5.69 Å². The molecule has 0 saturated heterocycles. The minimum atomic E-state index is -0.938. The van der Waals surface area contributed by atoms with Crippen LogP contribution >= 0.6 is 15.9 Å². The van der Waals surface area contributed by atoms with Gasteiger partial charge in [-0.25, -0.2) is 4.79 Å². The molecule has 0 aliphatic heterocycles. The van der Waals surface area contributed by atoms with Crippen molar-refractivity contribution in [1.82, 2.24) is 5.32 Å². The minimum Gasteiger partial charge on any atom is -0.481 e. The summed E-state index contributed by atoms with van der Waals surface area (Å²) in [7, 11) is 0. The van der Waals surface area contributed by atoms with Crippen LogP contribution in [0, 0.1) is 12.8 Å². The molecule has 2 atom stereocenters. The molecule has 104 valence electrons. The third-order valence-corrected chi connectivity index (χ3v) is 3.44. The molecule has 0 aliphatic rings. The average molecular weight is 329 g/mol. The van der Waals surface area contributed by atoms with E-state index in [1.54, 1.807) is 19.9 Å². The number of nitrogens with one attached hydrogen (secondary N) is 2. The predicted octanol–water partition coefficient (Wildman–Crippen LogP) is 2.99. The average Bonchev–Trinajstić information content (AvgIpc) is 2.32. The van der Waals surface area contributed by atoms with E-state index in [-0.39, 0.29) is 0 Å². The quantitative estimate of drug-likeness (QED) is 0.795. The van der Waals surface area contributed by atoms with Crippen LogP contribution in [0.2, 0.25) is 0 Å². The number of benzene rings is 1. The molecule has 2 unspecified atom stereocenters. The lowest BCUT2D eigenvalue weighted by Gasteiger charge is -2.18. The minimum absolute atomic E-state index is 0.415. The van der Waals surface area contributed by atoms with Crippen LogP contribution in [0.3, 0.4) is 0 Å². The van der Waals surface area contributed by atoms with Crippen LogP contribution in [0.1, 0.15) is 19.4 Å². The van der Waals surface area contributed by atoms with E-state index in [1.807, 2.05) is 19.1 Å². The van der Waals surface area contributed by atoms with Crippen molar-refractivity contribution in [3.05, 3.63) is 28.2 Å². The molecule has 0 radical (unpaired) electrons. The number of hydrogen-bond donors (Lipinski definition) is 3. The Labute approximate surface area is 120 Å². The number of halogens is 1. The maximum atomic E-state index is 11.8. The fraction of sp³-hybridized carbons (Fsp3) is 0.385. The van der Waals surface area contributed by atoms with Crippen LogP contribution in [0.15, 0.2) is 22.7 Å². The standard InChI is InChI=1S/C13H17BrN2O3/c1-7-4-5-10(14)6-11(7)16-13(19)15-9(3)8(2)12(17)18/h4-6,8-9H,1-3H3,(H,17,18)(H2,15,16,19). The fourth-order valence-corrected chi connectivity index (χ4v) is 1.79. The predicted molar refractivity (Wildman–Crippen MR) is 77.3 cm³/mol. The SMILES string of the molecule is Cc1ccc(Br)cc1NC(=O)NC(C)C(C)C(=O)O. The highest BCUT2D eigenvalue weighted by Crippen LogP contribution is 2.20. The first-order valence-corrected chi connectivity index (χ1v) is 6.67. The maximum Gasteiger partial charge on any atom is 0.319 e. The topological polar surface area (TPSA) is 78.4 Å². The van der Waals surface area contributed by atoms with Crippen LogP contribution in [-0.2, 0) is 4.79 Å². The summed E-state index contributed by atoms with van der Waals surface area (Å²) >= 11 is 3.33. The number of carbonyl (C=O) groups excluding carboxylic acids is 1. The third-order valence-electron chi connectivity index (χ3n) is 2.95. The molecule has 1 aromatic rings. The van der Waals surface area contributed by atoms with E-state index in [2.05, 4.69) is 26.6 Å². The molecule has 0 aromatic heterocycles. The molecule has 1 aromatic carbocycles. The van der Waals surface area contributed by atoms with Gasteiger partial charge < -0.3 is 15.7 Å².